The summed E-state index contributed by atoms with van der Waals surface area (Å²) in [5.41, 5.74) is 7.36. The number of pyridine rings is 1. The highest BCUT2D eigenvalue weighted by Crippen LogP contribution is 2.30. The summed E-state index contributed by atoms with van der Waals surface area (Å²) >= 11 is 0. The van der Waals surface area contributed by atoms with E-state index in [-0.39, 0.29) is 0 Å². The number of anilines is 1. The Kier molecular flexibility index (Phi) is 5.85. The molecule has 0 amide bonds. The number of hydrogen-bond donors (Lipinski definition) is 0. The van der Waals surface area contributed by atoms with E-state index in [4.69, 9.17) is 4.98 Å². The van der Waals surface area contributed by atoms with Gasteiger partial charge in [-0.05, 0) is 66.8 Å². The fourth-order valence-corrected chi connectivity index (χ4v) is 6.03. The van der Waals surface area contributed by atoms with E-state index in [1.165, 1.54) is 49.9 Å². The van der Waals surface area contributed by atoms with E-state index < -0.39 is 9.84 Å². The first kappa shape index (κ1) is 23.3. The molecule has 1 aliphatic heterocycles. The van der Waals surface area contributed by atoms with Crippen molar-refractivity contribution in [3.8, 4) is 22.4 Å². The van der Waals surface area contributed by atoms with Crippen molar-refractivity contribution >= 4 is 21.2 Å². The Morgan fingerprint density at radius 2 is 1.50 bits per heavy atom. The van der Waals surface area contributed by atoms with Gasteiger partial charge in [-0.25, -0.2) is 13.4 Å². The third kappa shape index (κ3) is 4.42. The zero-order chi connectivity index (χ0) is 24.9. The van der Waals surface area contributed by atoms with Crippen LogP contribution in [0.15, 0.2) is 71.9 Å². The van der Waals surface area contributed by atoms with E-state index in [1.807, 2.05) is 18.3 Å². The van der Waals surface area contributed by atoms with Gasteiger partial charge in [-0.15, -0.1) is 0 Å². The number of fused-ring (bicyclic) bond motifs is 1. The number of aryl methyl sites for hydroxylation is 1. The summed E-state index contributed by atoms with van der Waals surface area (Å²) in [7, 11) is -3.22. The molecule has 36 heavy (non-hydrogen) atoms. The van der Waals surface area contributed by atoms with E-state index in [0.717, 1.165) is 47.2 Å². The van der Waals surface area contributed by atoms with Crippen LogP contribution in [-0.4, -0.2) is 61.2 Å². The van der Waals surface area contributed by atoms with Gasteiger partial charge in [-0.1, -0.05) is 30.7 Å². The predicted molar refractivity (Wildman–Crippen MR) is 145 cm³/mol. The number of imidazole rings is 1. The molecule has 1 saturated carbocycles. The van der Waals surface area contributed by atoms with Crippen LogP contribution >= 0.6 is 0 Å². The first-order valence-electron chi connectivity index (χ1n) is 12.7. The van der Waals surface area contributed by atoms with Crippen molar-refractivity contribution in [2.24, 2.45) is 0 Å². The fraction of sp³-hybridized carbons (Fsp3) is 0.345. The average molecular weight is 501 g/mol. The Morgan fingerprint density at radius 3 is 2.11 bits per heavy atom. The van der Waals surface area contributed by atoms with Crippen molar-refractivity contribution in [3.05, 3.63) is 72.6 Å². The highest BCUT2D eigenvalue weighted by atomic mass is 32.2. The van der Waals surface area contributed by atoms with Gasteiger partial charge in [-0.3, -0.25) is 4.90 Å². The molecular formula is C29H32N4O2S. The number of benzene rings is 2. The second-order valence-corrected chi connectivity index (χ2v) is 12.2. The van der Waals surface area contributed by atoms with Gasteiger partial charge < -0.3 is 9.30 Å². The van der Waals surface area contributed by atoms with Crippen molar-refractivity contribution in [1.29, 1.82) is 0 Å². The average Bonchev–Trinajstić information content (AvgIpc) is 3.28. The molecule has 0 spiro atoms. The van der Waals surface area contributed by atoms with Crippen molar-refractivity contribution in [2.75, 3.05) is 37.3 Å². The summed E-state index contributed by atoms with van der Waals surface area (Å²) in [6, 6.07) is 18.9. The summed E-state index contributed by atoms with van der Waals surface area (Å²) in [6.45, 7) is 6.62. The van der Waals surface area contributed by atoms with Gasteiger partial charge in [-0.2, -0.15) is 0 Å². The molecule has 2 aromatic heterocycles. The lowest BCUT2D eigenvalue weighted by Crippen LogP contribution is -2.52. The summed E-state index contributed by atoms with van der Waals surface area (Å²) in [4.78, 5) is 10.3. The molecule has 186 valence electrons. The monoisotopic (exact) mass is 500 g/mol. The Morgan fingerprint density at radius 1 is 0.833 bits per heavy atom. The number of sulfone groups is 1. The molecule has 6 nitrogen and oxygen atoms in total. The molecule has 0 atom stereocenters. The minimum Gasteiger partial charge on any atom is -0.369 e. The van der Waals surface area contributed by atoms with Crippen LogP contribution in [0.25, 0.3) is 28.0 Å². The van der Waals surface area contributed by atoms with Crippen LogP contribution in [0.4, 0.5) is 5.69 Å². The number of rotatable bonds is 5. The van der Waals surface area contributed by atoms with E-state index in [0.29, 0.717) is 4.90 Å². The Labute approximate surface area is 213 Å². The van der Waals surface area contributed by atoms with Crippen LogP contribution in [0, 0.1) is 6.92 Å². The van der Waals surface area contributed by atoms with Crippen LogP contribution in [0.1, 0.15) is 24.8 Å². The third-order valence-corrected chi connectivity index (χ3v) is 8.91. The first-order chi connectivity index (χ1) is 17.3. The Bertz CT molecular complexity index is 1500. The molecule has 1 aliphatic carbocycles. The molecule has 0 bridgehead atoms. The maximum Gasteiger partial charge on any atom is 0.175 e. The summed E-state index contributed by atoms with van der Waals surface area (Å²) in [5.74, 6) is 0. The maximum atomic E-state index is 11.8. The quantitative estimate of drug-likeness (QED) is 0.384. The van der Waals surface area contributed by atoms with Crippen molar-refractivity contribution in [1.82, 2.24) is 14.3 Å². The lowest BCUT2D eigenvalue weighted by atomic mass is 9.91. The largest absolute Gasteiger partial charge is 0.369 e. The van der Waals surface area contributed by atoms with Gasteiger partial charge in [0.2, 0.25) is 0 Å². The van der Waals surface area contributed by atoms with Crippen LogP contribution in [0.5, 0.6) is 0 Å². The molecule has 0 radical (unpaired) electrons. The van der Waals surface area contributed by atoms with Gasteiger partial charge in [0.25, 0.3) is 0 Å². The number of hydrogen-bond acceptors (Lipinski definition) is 5. The minimum absolute atomic E-state index is 0.317. The number of aromatic nitrogens is 2. The van der Waals surface area contributed by atoms with Gasteiger partial charge in [0, 0.05) is 62.1 Å². The normalized spacial score (nSPS) is 17.4. The highest BCUT2D eigenvalue weighted by molar-refractivity contribution is 7.90. The standard InChI is InChI=1S/C29H32N4O2S/c1-21-18-24(19-33-20-28(30-29(21)33)23-8-12-27(13-9-23)36(2,34)35)22-6-10-26(11-7-22)32-16-14-31(15-17-32)25-4-3-5-25/h6-13,18-20,25H,3-5,14-17H2,1-2H3. The SMILES string of the molecule is Cc1cc(-c2ccc(N3CCN(C4CCC4)CC3)cc2)cn2cc(-c3ccc(S(C)(=O)=O)cc3)nc12. The summed E-state index contributed by atoms with van der Waals surface area (Å²) < 4.78 is 25.6. The fourth-order valence-electron chi connectivity index (χ4n) is 5.40. The predicted octanol–water partition coefficient (Wildman–Crippen LogP) is 5.05. The van der Waals surface area contributed by atoms with Gasteiger partial charge in [0.05, 0.1) is 10.6 Å². The van der Waals surface area contributed by atoms with Crippen LogP contribution in [0.3, 0.4) is 0 Å². The topological polar surface area (TPSA) is 57.9 Å². The third-order valence-electron chi connectivity index (χ3n) is 7.78. The molecule has 1 saturated heterocycles. The lowest BCUT2D eigenvalue weighted by molar-refractivity contribution is 0.120. The zero-order valence-electron chi connectivity index (χ0n) is 20.9. The van der Waals surface area contributed by atoms with Gasteiger partial charge >= 0.3 is 0 Å². The number of nitrogens with zero attached hydrogens (tertiary/aromatic N) is 4. The minimum atomic E-state index is -3.22. The Balaban J connectivity index is 1.21. The second-order valence-electron chi connectivity index (χ2n) is 10.2. The summed E-state index contributed by atoms with van der Waals surface area (Å²) in [5, 5.41) is 0. The molecule has 2 aromatic carbocycles. The molecule has 2 aliphatic rings. The molecule has 0 unspecified atom stereocenters. The maximum absolute atomic E-state index is 11.8. The highest BCUT2D eigenvalue weighted by Gasteiger charge is 2.27. The van der Waals surface area contributed by atoms with Crippen molar-refractivity contribution in [3.63, 3.8) is 0 Å². The number of piperazine rings is 1. The molecule has 2 fully saturated rings. The molecule has 4 aromatic rings. The van der Waals surface area contributed by atoms with Crippen molar-refractivity contribution < 1.29 is 8.42 Å². The van der Waals surface area contributed by atoms with E-state index >= 15 is 0 Å². The lowest BCUT2D eigenvalue weighted by Gasteiger charge is -2.43. The van der Waals surface area contributed by atoms with Gasteiger partial charge in [0.1, 0.15) is 5.65 Å². The van der Waals surface area contributed by atoms with E-state index in [2.05, 4.69) is 57.7 Å². The molecule has 3 heterocycles. The molecular weight excluding hydrogens is 468 g/mol. The van der Waals surface area contributed by atoms with Crippen LogP contribution < -0.4 is 4.90 Å². The van der Waals surface area contributed by atoms with E-state index in [9.17, 15) is 8.42 Å². The van der Waals surface area contributed by atoms with E-state index in [1.54, 1.807) is 12.1 Å². The summed E-state index contributed by atoms with van der Waals surface area (Å²) in [6.07, 6.45) is 9.52. The first-order valence-corrected chi connectivity index (χ1v) is 14.6. The van der Waals surface area contributed by atoms with Crippen LogP contribution in [-0.2, 0) is 9.84 Å². The Hall–Kier alpha value is -3.16. The second kappa shape index (κ2) is 9.05. The molecule has 7 heteroatoms. The molecule has 0 N–H and O–H groups in total. The molecule has 6 rings (SSSR count). The smallest absolute Gasteiger partial charge is 0.175 e. The zero-order valence-corrected chi connectivity index (χ0v) is 21.7. The van der Waals surface area contributed by atoms with Crippen LogP contribution in [0.2, 0.25) is 0 Å². The van der Waals surface area contributed by atoms with Gasteiger partial charge in [0.15, 0.2) is 9.84 Å². The van der Waals surface area contributed by atoms with Crippen molar-refractivity contribution in [2.45, 2.75) is 37.1 Å².